The van der Waals surface area contributed by atoms with Crippen LogP contribution in [0.25, 0.3) is 0 Å². The molecule has 2 aromatic carbocycles. The molecule has 0 bridgehead atoms. The van der Waals surface area contributed by atoms with Gasteiger partial charge in [-0.05, 0) is 49.2 Å². The second-order valence-corrected chi connectivity index (χ2v) is 9.06. The van der Waals surface area contributed by atoms with Crippen molar-refractivity contribution in [1.82, 2.24) is 0 Å². The molecule has 0 spiro atoms. The smallest absolute Gasteiger partial charge is 0.164 e. The zero-order chi connectivity index (χ0) is 23.0. The monoisotopic (exact) mass is 458 g/mol. The first-order valence-electron chi connectivity index (χ1n) is 11.4. The van der Waals surface area contributed by atoms with E-state index < -0.39 is 30.2 Å². The van der Waals surface area contributed by atoms with Crippen LogP contribution in [0.3, 0.4) is 0 Å². The van der Waals surface area contributed by atoms with E-state index in [1.165, 1.54) is 0 Å². The SMILES string of the molecule is CC1(C)O[C@@H]([C@@H](O)Cc2ccc3c(c2)OCCO3)[C@H]([C@@H](O)Cc2ccc3c(c2)OCCO3)O1. The Morgan fingerprint density at radius 3 is 1.52 bits per heavy atom. The summed E-state index contributed by atoms with van der Waals surface area (Å²) in [6.45, 7) is 5.63. The quantitative estimate of drug-likeness (QED) is 0.681. The summed E-state index contributed by atoms with van der Waals surface area (Å²) in [5, 5.41) is 22.1. The van der Waals surface area contributed by atoms with E-state index in [9.17, 15) is 10.2 Å². The van der Waals surface area contributed by atoms with Crippen LogP contribution in [0.1, 0.15) is 25.0 Å². The molecule has 3 heterocycles. The Bertz CT molecular complexity index is 913. The van der Waals surface area contributed by atoms with Gasteiger partial charge in [-0.15, -0.1) is 0 Å². The lowest BCUT2D eigenvalue weighted by molar-refractivity contribution is -0.160. The van der Waals surface area contributed by atoms with Gasteiger partial charge in [-0.1, -0.05) is 12.1 Å². The maximum absolute atomic E-state index is 11.1. The Morgan fingerprint density at radius 1 is 0.697 bits per heavy atom. The van der Waals surface area contributed by atoms with Crippen molar-refractivity contribution in [2.75, 3.05) is 26.4 Å². The highest BCUT2D eigenvalue weighted by atomic mass is 16.8. The molecule has 3 aliphatic heterocycles. The summed E-state index contributed by atoms with van der Waals surface area (Å²) in [5.74, 6) is 1.83. The van der Waals surface area contributed by atoms with Crippen molar-refractivity contribution in [1.29, 1.82) is 0 Å². The highest BCUT2D eigenvalue weighted by molar-refractivity contribution is 5.45. The molecular formula is C25H30O8. The van der Waals surface area contributed by atoms with Crippen molar-refractivity contribution < 1.29 is 38.6 Å². The second-order valence-electron chi connectivity index (χ2n) is 9.06. The number of fused-ring (bicyclic) bond motifs is 2. The molecule has 8 nitrogen and oxygen atoms in total. The van der Waals surface area contributed by atoms with Gasteiger partial charge in [-0.3, -0.25) is 0 Å². The average Bonchev–Trinajstić information content (AvgIpc) is 3.15. The first kappa shape index (κ1) is 22.3. The van der Waals surface area contributed by atoms with Crippen LogP contribution in [0.2, 0.25) is 0 Å². The Balaban J connectivity index is 1.29. The molecule has 2 N–H and O–H groups in total. The zero-order valence-electron chi connectivity index (χ0n) is 18.9. The number of hydrogen-bond acceptors (Lipinski definition) is 8. The highest BCUT2D eigenvalue weighted by Gasteiger charge is 2.47. The summed E-state index contributed by atoms with van der Waals surface area (Å²) in [6.07, 6.45) is -2.49. The molecule has 0 unspecified atom stereocenters. The van der Waals surface area contributed by atoms with Crippen LogP contribution in [-0.4, -0.2) is 66.8 Å². The molecule has 33 heavy (non-hydrogen) atoms. The van der Waals surface area contributed by atoms with E-state index in [0.717, 1.165) is 11.1 Å². The van der Waals surface area contributed by atoms with Crippen LogP contribution in [0, 0.1) is 0 Å². The lowest BCUT2D eigenvalue weighted by atomic mass is 9.94. The first-order valence-corrected chi connectivity index (χ1v) is 11.4. The minimum Gasteiger partial charge on any atom is -0.486 e. The van der Waals surface area contributed by atoms with Crippen LogP contribution in [0.4, 0.5) is 0 Å². The van der Waals surface area contributed by atoms with Gasteiger partial charge >= 0.3 is 0 Å². The zero-order valence-corrected chi connectivity index (χ0v) is 18.9. The Labute approximate surface area is 192 Å². The summed E-state index contributed by atoms with van der Waals surface area (Å²) in [6, 6.07) is 11.2. The van der Waals surface area contributed by atoms with Crippen LogP contribution in [-0.2, 0) is 22.3 Å². The van der Waals surface area contributed by atoms with Gasteiger partial charge in [0.1, 0.15) is 38.6 Å². The van der Waals surface area contributed by atoms with E-state index >= 15 is 0 Å². The number of aliphatic hydroxyl groups is 2. The molecule has 0 saturated carbocycles. The van der Waals surface area contributed by atoms with Gasteiger partial charge in [0, 0.05) is 12.8 Å². The molecule has 0 radical (unpaired) electrons. The summed E-state index contributed by atoms with van der Waals surface area (Å²) >= 11 is 0. The molecule has 5 rings (SSSR count). The fourth-order valence-electron chi connectivity index (χ4n) is 4.56. The second kappa shape index (κ2) is 9.02. The molecule has 1 fully saturated rings. The molecule has 178 valence electrons. The fraction of sp³-hybridized carbons (Fsp3) is 0.520. The number of ether oxygens (including phenoxy) is 6. The molecule has 0 aromatic heterocycles. The molecule has 2 aromatic rings. The topological polar surface area (TPSA) is 95.8 Å². The number of rotatable bonds is 6. The standard InChI is InChI=1S/C25H30O8/c1-25(2)32-23(17(26)11-15-3-5-19-21(13-15)30-9-7-28-19)24(33-25)18(27)12-16-4-6-20-22(14-16)31-10-8-29-20/h3-6,13-14,17-18,23-24,26-27H,7-12H2,1-2H3/t17-,18-,23-,24-/m0/s1. The van der Waals surface area contributed by atoms with Crippen LogP contribution < -0.4 is 18.9 Å². The van der Waals surface area contributed by atoms with E-state index in [-0.39, 0.29) is 0 Å². The molecular weight excluding hydrogens is 428 g/mol. The number of hydrogen-bond donors (Lipinski definition) is 2. The first-order chi connectivity index (χ1) is 15.9. The largest absolute Gasteiger partial charge is 0.486 e. The van der Waals surface area contributed by atoms with Gasteiger partial charge in [0.2, 0.25) is 0 Å². The third-order valence-corrected chi connectivity index (χ3v) is 6.02. The minimum atomic E-state index is -0.920. The molecule has 0 amide bonds. The van der Waals surface area contributed by atoms with Crippen molar-refractivity contribution >= 4 is 0 Å². The van der Waals surface area contributed by atoms with Gasteiger partial charge < -0.3 is 38.6 Å². The van der Waals surface area contributed by atoms with Crippen LogP contribution >= 0.6 is 0 Å². The van der Waals surface area contributed by atoms with Gasteiger partial charge in [-0.2, -0.15) is 0 Å². The summed E-state index contributed by atoms with van der Waals surface area (Å²) in [5.41, 5.74) is 1.78. The lowest BCUT2D eigenvalue weighted by Gasteiger charge is -2.27. The van der Waals surface area contributed by atoms with Gasteiger partial charge in [0.05, 0.1) is 12.2 Å². The molecule has 3 aliphatic rings. The Hall–Kier alpha value is -2.52. The van der Waals surface area contributed by atoms with Crippen molar-refractivity contribution in [2.45, 2.75) is 56.9 Å². The molecule has 0 aliphatic carbocycles. The van der Waals surface area contributed by atoms with Crippen molar-refractivity contribution in [3.05, 3.63) is 47.5 Å². The van der Waals surface area contributed by atoms with Crippen molar-refractivity contribution in [3.63, 3.8) is 0 Å². The van der Waals surface area contributed by atoms with E-state index in [0.29, 0.717) is 62.3 Å². The maximum Gasteiger partial charge on any atom is 0.164 e. The highest BCUT2D eigenvalue weighted by Crippen LogP contribution is 2.36. The van der Waals surface area contributed by atoms with E-state index in [1.54, 1.807) is 13.8 Å². The summed E-state index contributed by atoms with van der Waals surface area (Å²) < 4.78 is 34.5. The molecule has 1 saturated heterocycles. The third-order valence-electron chi connectivity index (χ3n) is 6.02. The van der Waals surface area contributed by atoms with Gasteiger partial charge in [-0.25, -0.2) is 0 Å². The lowest BCUT2D eigenvalue weighted by Crippen LogP contribution is -2.44. The number of aliphatic hydroxyl groups excluding tert-OH is 2. The van der Waals surface area contributed by atoms with Crippen molar-refractivity contribution in [2.24, 2.45) is 0 Å². The summed E-state index contributed by atoms with van der Waals surface area (Å²) in [4.78, 5) is 0. The van der Waals surface area contributed by atoms with E-state index in [2.05, 4.69) is 0 Å². The van der Waals surface area contributed by atoms with Gasteiger partial charge in [0.25, 0.3) is 0 Å². The predicted molar refractivity (Wildman–Crippen MR) is 118 cm³/mol. The average molecular weight is 459 g/mol. The fourth-order valence-corrected chi connectivity index (χ4v) is 4.56. The third kappa shape index (κ3) is 4.89. The van der Waals surface area contributed by atoms with Crippen LogP contribution in [0.5, 0.6) is 23.0 Å². The maximum atomic E-state index is 11.1. The molecule has 8 heteroatoms. The number of benzene rings is 2. The van der Waals surface area contributed by atoms with Gasteiger partial charge in [0.15, 0.2) is 28.8 Å². The Kier molecular flexibility index (Phi) is 6.09. The van der Waals surface area contributed by atoms with E-state index in [1.807, 2.05) is 36.4 Å². The minimum absolute atomic E-state index is 0.327. The normalized spacial score (nSPS) is 24.8. The van der Waals surface area contributed by atoms with Crippen LogP contribution in [0.15, 0.2) is 36.4 Å². The van der Waals surface area contributed by atoms with E-state index in [4.69, 9.17) is 28.4 Å². The van der Waals surface area contributed by atoms with Crippen molar-refractivity contribution in [3.8, 4) is 23.0 Å². The predicted octanol–water partition coefficient (Wildman–Crippen LogP) is 2.26. The summed E-state index contributed by atoms with van der Waals surface area (Å²) in [7, 11) is 0. The Morgan fingerprint density at radius 2 is 1.09 bits per heavy atom. The molecule has 4 atom stereocenters.